The minimum absolute atomic E-state index is 0.00367. The highest BCUT2D eigenvalue weighted by Gasteiger charge is 2.30. The molecule has 3 rings (SSSR count). The molecule has 0 aliphatic rings. The number of amides is 1. The van der Waals surface area contributed by atoms with Crippen LogP contribution in [0.1, 0.15) is 36.6 Å². The molecule has 0 bridgehead atoms. The van der Waals surface area contributed by atoms with E-state index in [-0.39, 0.29) is 30.4 Å². The first kappa shape index (κ1) is 19.8. The molecule has 3 N–H and O–H groups in total. The number of nitrogens with zero attached hydrogens (tertiary/aromatic N) is 2. The van der Waals surface area contributed by atoms with Gasteiger partial charge in [-0.2, -0.15) is 0 Å². The van der Waals surface area contributed by atoms with Gasteiger partial charge in [-0.15, -0.1) is 0 Å². The lowest BCUT2D eigenvalue weighted by Gasteiger charge is -2.33. The number of nitrogens with one attached hydrogen (secondary N) is 2. The molecule has 2 aromatic heterocycles. The fraction of sp³-hybridized carbons (Fsp3) is 0.381. The Bertz CT molecular complexity index is 1020. The zero-order chi connectivity index (χ0) is 20.3. The van der Waals surface area contributed by atoms with Gasteiger partial charge in [0.2, 0.25) is 5.91 Å². The van der Waals surface area contributed by atoms with Crippen molar-refractivity contribution in [3.8, 4) is 0 Å². The van der Waals surface area contributed by atoms with Crippen molar-refractivity contribution in [1.29, 1.82) is 0 Å². The van der Waals surface area contributed by atoms with E-state index >= 15 is 0 Å². The van der Waals surface area contributed by atoms with Crippen LogP contribution in [0.3, 0.4) is 0 Å². The lowest BCUT2D eigenvalue weighted by Crippen LogP contribution is -2.38. The summed E-state index contributed by atoms with van der Waals surface area (Å²) in [6, 6.07) is 11.5. The normalized spacial score (nSPS) is 12.9. The summed E-state index contributed by atoms with van der Waals surface area (Å²) in [6.07, 6.45) is 1.59. The predicted molar refractivity (Wildman–Crippen MR) is 107 cm³/mol. The molecule has 0 aliphatic carbocycles. The van der Waals surface area contributed by atoms with Gasteiger partial charge in [0.05, 0.1) is 6.42 Å². The number of aryl methyl sites for hydroxylation is 1. The average molecular weight is 382 g/mol. The highest BCUT2D eigenvalue weighted by Crippen LogP contribution is 2.34. The summed E-state index contributed by atoms with van der Waals surface area (Å²) in [5.74, 6) is -0.308. The molecule has 0 unspecified atom stereocenters. The monoisotopic (exact) mass is 382 g/mol. The van der Waals surface area contributed by atoms with Crippen molar-refractivity contribution in [2.24, 2.45) is 5.41 Å². The van der Waals surface area contributed by atoms with Crippen molar-refractivity contribution in [2.45, 2.75) is 33.1 Å². The van der Waals surface area contributed by atoms with Crippen molar-refractivity contribution in [3.63, 3.8) is 0 Å². The Hall–Kier alpha value is -2.93. The quantitative estimate of drug-likeness (QED) is 0.580. The van der Waals surface area contributed by atoms with Gasteiger partial charge >= 0.3 is 0 Å². The molecule has 1 aromatic carbocycles. The van der Waals surface area contributed by atoms with Crippen molar-refractivity contribution in [3.05, 3.63) is 69.8 Å². The molecular weight excluding hydrogens is 356 g/mol. The van der Waals surface area contributed by atoms with Gasteiger partial charge in [0, 0.05) is 42.6 Å². The maximum absolute atomic E-state index is 12.6. The largest absolute Gasteiger partial charge is 0.396 e. The highest BCUT2D eigenvalue weighted by molar-refractivity contribution is 5.78. The van der Waals surface area contributed by atoms with Crippen LogP contribution in [0.15, 0.2) is 47.4 Å². The molecule has 1 atom stereocenters. The molecule has 0 fully saturated rings. The number of aromatic amines is 1. The minimum atomic E-state index is -0.408. The van der Waals surface area contributed by atoms with Gasteiger partial charge in [-0.1, -0.05) is 44.2 Å². The van der Waals surface area contributed by atoms with E-state index in [9.17, 15) is 14.7 Å². The smallest absolute Gasteiger partial charge is 0.276 e. The molecule has 0 radical (unpaired) electrons. The van der Waals surface area contributed by atoms with Crippen LogP contribution in [0, 0.1) is 12.3 Å². The van der Waals surface area contributed by atoms with Gasteiger partial charge in [-0.05, 0) is 17.9 Å². The standard InChI is InChI=1S/C21H26N4O3/c1-14-16(20(28)25-18(24-14)9-10-23-25)11-19(27)22-12-17(21(2,3)13-26)15-7-5-4-6-8-15/h4-10,17,23,26H,11-13H2,1-3H3,(H,22,27)/t17-/m0/s1. The fourth-order valence-electron chi connectivity index (χ4n) is 3.39. The lowest BCUT2D eigenvalue weighted by atomic mass is 9.75. The number of benzene rings is 1. The zero-order valence-electron chi connectivity index (χ0n) is 16.4. The van der Waals surface area contributed by atoms with E-state index in [4.69, 9.17) is 0 Å². The third-order valence-electron chi connectivity index (χ3n) is 5.24. The number of aromatic nitrogens is 3. The Kier molecular flexibility index (Phi) is 5.65. The van der Waals surface area contributed by atoms with Crippen molar-refractivity contribution in [1.82, 2.24) is 19.9 Å². The van der Waals surface area contributed by atoms with Crippen LogP contribution in [0.25, 0.3) is 5.65 Å². The first-order chi connectivity index (χ1) is 13.3. The number of carbonyl (C=O) groups is 1. The Morgan fingerprint density at radius 3 is 2.68 bits per heavy atom. The van der Waals surface area contributed by atoms with Gasteiger partial charge in [-0.3, -0.25) is 14.7 Å². The van der Waals surface area contributed by atoms with Crippen LogP contribution in [0.2, 0.25) is 0 Å². The summed E-state index contributed by atoms with van der Waals surface area (Å²) in [6.45, 7) is 6.04. The maximum Gasteiger partial charge on any atom is 0.276 e. The lowest BCUT2D eigenvalue weighted by molar-refractivity contribution is -0.120. The summed E-state index contributed by atoms with van der Waals surface area (Å²) >= 11 is 0. The third-order valence-corrected chi connectivity index (χ3v) is 5.24. The molecule has 0 saturated heterocycles. The van der Waals surface area contributed by atoms with Crippen LogP contribution in [0.4, 0.5) is 0 Å². The maximum atomic E-state index is 12.6. The van der Waals surface area contributed by atoms with Crippen molar-refractivity contribution in [2.75, 3.05) is 13.2 Å². The Labute approximate surface area is 163 Å². The molecule has 3 aromatic rings. The van der Waals surface area contributed by atoms with E-state index in [1.54, 1.807) is 19.2 Å². The van der Waals surface area contributed by atoms with Crippen LogP contribution in [0.5, 0.6) is 0 Å². The van der Waals surface area contributed by atoms with Gasteiger partial charge in [0.25, 0.3) is 5.56 Å². The minimum Gasteiger partial charge on any atom is -0.396 e. The second kappa shape index (κ2) is 7.98. The van der Waals surface area contributed by atoms with E-state index in [2.05, 4.69) is 15.4 Å². The first-order valence-corrected chi connectivity index (χ1v) is 9.31. The molecule has 1 amide bonds. The summed E-state index contributed by atoms with van der Waals surface area (Å²) in [5.41, 5.74) is 1.82. The second-order valence-electron chi connectivity index (χ2n) is 7.73. The predicted octanol–water partition coefficient (Wildman–Crippen LogP) is 1.79. The second-order valence-corrected chi connectivity index (χ2v) is 7.73. The molecule has 148 valence electrons. The van der Waals surface area contributed by atoms with Gasteiger partial charge in [-0.25, -0.2) is 9.50 Å². The van der Waals surface area contributed by atoms with E-state index in [0.717, 1.165) is 5.56 Å². The van der Waals surface area contributed by atoms with Crippen molar-refractivity contribution < 1.29 is 9.90 Å². The van der Waals surface area contributed by atoms with Crippen LogP contribution >= 0.6 is 0 Å². The number of aliphatic hydroxyl groups is 1. The summed E-state index contributed by atoms with van der Waals surface area (Å²) in [7, 11) is 0. The molecule has 0 spiro atoms. The molecule has 7 nitrogen and oxygen atoms in total. The number of H-pyrrole nitrogens is 1. The number of hydrogen-bond acceptors (Lipinski definition) is 4. The van der Waals surface area contributed by atoms with E-state index in [1.165, 1.54) is 4.52 Å². The van der Waals surface area contributed by atoms with Crippen molar-refractivity contribution >= 4 is 11.6 Å². The van der Waals surface area contributed by atoms with Gasteiger partial charge in [0.1, 0.15) is 0 Å². The molecule has 0 aliphatic heterocycles. The fourth-order valence-corrected chi connectivity index (χ4v) is 3.39. The van der Waals surface area contributed by atoms with Gasteiger partial charge in [0.15, 0.2) is 5.65 Å². The summed E-state index contributed by atoms with van der Waals surface area (Å²) < 4.78 is 1.33. The SMILES string of the molecule is Cc1nc2cc[nH]n2c(=O)c1CC(=O)NC[C@@H](c1ccccc1)C(C)(C)CO. The Balaban J connectivity index is 1.76. The molecule has 2 heterocycles. The number of hydrogen-bond donors (Lipinski definition) is 3. The van der Waals surface area contributed by atoms with E-state index in [0.29, 0.717) is 23.4 Å². The molecular formula is C21H26N4O3. The molecule has 28 heavy (non-hydrogen) atoms. The number of carbonyl (C=O) groups excluding carboxylic acids is 1. The highest BCUT2D eigenvalue weighted by atomic mass is 16.3. The summed E-state index contributed by atoms with van der Waals surface area (Å²) in [4.78, 5) is 29.5. The third kappa shape index (κ3) is 3.99. The average Bonchev–Trinajstić information content (AvgIpc) is 3.14. The van der Waals surface area contributed by atoms with Crippen LogP contribution in [-0.2, 0) is 11.2 Å². The molecule has 0 saturated carbocycles. The number of rotatable bonds is 7. The topological polar surface area (TPSA) is 99.5 Å². The van der Waals surface area contributed by atoms with Crippen LogP contribution < -0.4 is 10.9 Å². The molecule has 7 heteroatoms. The van der Waals surface area contributed by atoms with E-state index < -0.39 is 5.41 Å². The first-order valence-electron chi connectivity index (χ1n) is 9.31. The number of fused-ring (bicyclic) bond motifs is 1. The van der Waals surface area contributed by atoms with E-state index in [1.807, 2.05) is 44.2 Å². The number of aliphatic hydroxyl groups excluding tert-OH is 1. The van der Waals surface area contributed by atoms with Gasteiger partial charge < -0.3 is 10.4 Å². The Morgan fingerprint density at radius 2 is 2.00 bits per heavy atom. The van der Waals surface area contributed by atoms with Crippen LogP contribution in [-0.4, -0.2) is 38.8 Å². The summed E-state index contributed by atoms with van der Waals surface area (Å²) in [5, 5.41) is 15.6. The zero-order valence-corrected chi connectivity index (χ0v) is 16.4. The Morgan fingerprint density at radius 1 is 1.29 bits per heavy atom.